The molecular weight excluding hydrogens is 314 g/mol. The summed E-state index contributed by atoms with van der Waals surface area (Å²) in [5.41, 5.74) is 6.31. The largest absolute Gasteiger partial charge is 0.397 e. The maximum absolute atomic E-state index is 12.1. The lowest BCUT2D eigenvalue weighted by Gasteiger charge is -2.08. The predicted octanol–water partition coefficient (Wildman–Crippen LogP) is 1.97. The number of halogens is 1. The van der Waals surface area contributed by atoms with Gasteiger partial charge in [-0.05, 0) is 24.3 Å². The van der Waals surface area contributed by atoms with Crippen LogP contribution in [0.2, 0.25) is 5.15 Å². The molecule has 1 heterocycles. The van der Waals surface area contributed by atoms with Crippen molar-refractivity contribution < 1.29 is 13.2 Å². The number of anilines is 2. The fourth-order valence-electron chi connectivity index (χ4n) is 1.63. The molecule has 0 saturated heterocycles. The monoisotopic (exact) mass is 325 g/mol. The third kappa shape index (κ3) is 3.71. The molecule has 0 aliphatic rings. The van der Waals surface area contributed by atoms with Gasteiger partial charge in [-0.1, -0.05) is 17.7 Å². The first-order chi connectivity index (χ1) is 9.77. The Morgan fingerprint density at radius 3 is 2.71 bits per heavy atom. The molecule has 0 atom stereocenters. The van der Waals surface area contributed by atoms with Crippen LogP contribution in [0.4, 0.5) is 11.4 Å². The third-order valence-corrected chi connectivity index (χ3v) is 4.04. The van der Waals surface area contributed by atoms with Crippen molar-refractivity contribution in [3.05, 3.63) is 47.2 Å². The molecule has 8 heteroatoms. The molecular formula is C13H12ClN3O3S. The highest BCUT2D eigenvalue weighted by atomic mass is 35.5. The molecule has 0 fully saturated rings. The van der Waals surface area contributed by atoms with Crippen molar-refractivity contribution in [2.45, 2.75) is 4.90 Å². The Kier molecular flexibility index (Phi) is 4.15. The van der Waals surface area contributed by atoms with Crippen LogP contribution in [-0.2, 0) is 9.84 Å². The Hall–Kier alpha value is -2.12. The summed E-state index contributed by atoms with van der Waals surface area (Å²) in [6, 6.07) is 7.30. The maximum Gasteiger partial charge on any atom is 0.258 e. The van der Waals surface area contributed by atoms with Crippen LogP contribution in [0.15, 0.2) is 41.4 Å². The summed E-state index contributed by atoms with van der Waals surface area (Å²) in [7, 11) is -3.35. The topological polar surface area (TPSA) is 102 Å². The number of aromatic nitrogens is 1. The molecule has 3 N–H and O–H groups in total. The van der Waals surface area contributed by atoms with Gasteiger partial charge in [-0.2, -0.15) is 0 Å². The molecule has 2 aromatic rings. The van der Waals surface area contributed by atoms with Gasteiger partial charge < -0.3 is 11.1 Å². The predicted molar refractivity (Wildman–Crippen MR) is 81.2 cm³/mol. The summed E-state index contributed by atoms with van der Waals surface area (Å²) < 4.78 is 23.0. The minimum atomic E-state index is -3.35. The second kappa shape index (κ2) is 5.71. The minimum absolute atomic E-state index is 0.0148. The van der Waals surface area contributed by atoms with Crippen molar-refractivity contribution in [3.63, 3.8) is 0 Å². The molecule has 0 radical (unpaired) electrons. The van der Waals surface area contributed by atoms with Crippen LogP contribution in [0.3, 0.4) is 0 Å². The number of nitrogens with zero attached hydrogens (tertiary/aromatic N) is 1. The van der Waals surface area contributed by atoms with E-state index < -0.39 is 15.7 Å². The van der Waals surface area contributed by atoms with Crippen molar-refractivity contribution >= 4 is 38.7 Å². The van der Waals surface area contributed by atoms with Gasteiger partial charge in [0.25, 0.3) is 5.91 Å². The summed E-state index contributed by atoms with van der Waals surface area (Å²) >= 11 is 5.84. The Balaban J connectivity index is 2.30. The lowest BCUT2D eigenvalue weighted by atomic mass is 10.2. The fourth-order valence-corrected chi connectivity index (χ4v) is 2.48. The number of carbonyl (C=O) groups excluding carboxylic acids is 1. The summed E-state index contributed by atoms with van der Waals surface area (Å²) in [5.74, 6) is -0.523. The van der Waals surface area contributed by atoms with E-state index in [1.165, 1.54) is 30.5 Å². The van der Waals surface area contributed by atoms with Crippen LogP contribution < -0.4 is 11.1 Å². The van der Waals surface area contributed by atoms with E-state index in [-0.39, 0.29) is 15.6 Å². The van der Waals surface area contributed by atoms with Crippen molar-refractivity contribution in [1.82, 2.24) is 4.98 Å². The van der Waals surface area contributed by atoms with E-state index in [0.29, 0.717) is 11.4 Å². The minimum Gasteiger partial charge on any atom is -0.397 e. The molecule has 0 unspecified atom stereocenters. The first-order valence-corrected chi connectivity index (χ1v) is 8.07. The molecule has 0 spiro atoms. The molecule has 0 aliphatic heterocycles. The van der Waals surface area contributed by atoms with E-state index in [4.69, 9.17) is 17.3 Å². The van der Waals surface area contributed by atoms with Gasteiger partial charge in [-0.15, -0.1) is 0 Å². The van der Waals surface area contributed by atoms with Gasteiger partial charge in [0.15, 0.2) is 9.84 Å². The molecule has 1 amide bonds. The van der Waals surface area contributed by atoms with Crippen LogP contribution in [0.1, 0.15) is 10.4 Å². The van der Waals surface area contributed by atoms with Crippen molar-refractivity contribution in [2.75, 3.05) is 17.3 Å². The van der Waals surface area contributed by atoms with E-state index in [2.05, 4.69) is 10.3 Å². The van der Waals surface area contributed by atoms with Gasteiger partial charge in [0.2, 0.25) is 0 Å². The molecule has 0 aliphatic carbocycles. The van der Waals surface area contributed by atoms with Crippen LogP contribution >= 0.6 is 11.6 Å². The first kappa shape index (κ1) is 15.3. The number of rotatable bonds is 3. The molecule has 1 aromatic carbocycles. The van der Waals surface area contributed by atoms with Crippen LogP contribution in [0.25, 0.3) is 0 Å². The third-order valence-electron chi connectivity index (χ3n) is 2.62. The standard InChI is InChI=1S/C13H12ClN3O3S/c1-21(19,20)10-4-2-3-9(6-10)17-13(18)11-5-8(15)7-16-12(11)14/h2-7H,15H2,1H3,(H,17,18). The van der Waals surface area contributed by atoms with E-state index in [1.54, 1.807) is 6.07 Å². The first-order valence-electron chi connectivity index (χ1n) is 5.80. The van der Waals surface area contributed by atoms with E-state index in [1.807, 2.05) is 0 Å². The number of amides is 1. The van der Waals surface area contributed by atoms with Crippen molar-refractivity contribution in [1.29, 1.82) is 0 Å². The number of sulfone groups is 1. The number of hydrogen-bond acceptors (Lipinski definition) is 5. The Morgan fingerprint density at radius 2 is 2.05 bits per heavy atom. The summed E-state index contributed by atoms with van der Waals surface area (Å²) in [6.45, 7) is 0. The molecule has 21 heavy (non-hydrogen) atoms. The Bertz CT molecular complexity index is 806. The van der Waals surface area contributed by atoms with E-state index in [9.17, 15) is 13.2 Å². The number of hydrogen-bond donors (Lipinski definition) is 2. The number of pyridine rings is 1. The summed E-state index contributed by atoms with van der Waals surface area (Å²) in [6.07, 6.45) is 2.43. The van der Waals surface area contributed by atoms with Gasteiger partial charge >= 0.3 is 0 Å². The normalized spacial score (nSPS) is 11.1. The smallest absolute Gasteiger partial charge is 0.258 e. The van der Waals surface area contributed by atoms with Crippen molar-refractivity contribution in [3.8, 4) is 0 Å². The molecule has 110 valence electrons. The van der Waals surface area contributed by atoms with Crippen LogP contribution in [0, 0.1) is 0 Å². The van der Waals surface area contributed by atoms with E-state index >= 15 is 0 Å². The average Bonchev–Trinajstić information content (AvgIpc) is 2.41. The molecule has 0 bridgehead atoms. The quantitative estimate of drug-likeness (QED) is 0.840. The SMILES string of the molecule is CS(=O)(=O)c1cccc(NC(=O)c2cc(N)cnc2Cl)c1. The van der Waals surface area contributed by atoms with Gasteiger partial charge in [-0.3, -0.25) is 4.79 Å². The number of nitrogens with one attached hydrogen (secondary N) is 1. The zero-order chi connectivity index (χ0) is 15.6. The number of nitrogen functional groups attached to an aromatic ring is 1. The van der Waals surface area contributed by atoms with Crippen LogP contribution in [-0.4, -0.2) is 25.6 Å². The zero-order valence-corrected chi connectivity index (χ0v) is 12.6. The van der Waals surface area contributed by atoms with Crippen LogP contribution in [0.5, 0.6) is 0 Å². The Labute approximate surface area is 126 Å². The van der Waals surface area contributed by atoms with Gasteiger partial charge in [0.05, 0.1) is 22.3 Å². The van der Waals surface area contributed by atoms with Gasteiger partial charge in [0.1, 0.15) is 5.15 Å². The highest BCUT2D eigenvalue weighted by Crippen LogP contribution is 2.19. The summed E-state index contributed by atoms with van der Waals surface area (Å²) in [5, 5.41) is 2.57. The highest BCUT2D eigenvalue weighted by molar-refractivity contribution is 7.90. The molecule has 1 aromatic heterocycles. The lowest BCUT2D eigenvalue weighted by molar-refractivity contribution is 0.102. The fraction of sp³-hybridized carbons (Fsp3) is 0.0769. The second-order valence-corrected chi connectivity index (χ2v) is 6.73. The maximum atomic E-state index is 12.1. The molecule has 2 rings (SSSR count). The number of benzene rings is 1. The van der Waals surface area contributed by atoms with E-state index in [0.717, 1.165) is 6.26 Å². The second-order valence-electron chi connectivity index (χ2n) is 4.36. The molecule has 0 saturated carbocycles. The van der Waals surface area contributed by atoms with Crippen molar-refractivity contribution in [2.24, 2.45) is 0 Å². The highest BCUT2D eigenvalue weighted by Gasteiger charge is 2.13. The average molecular weight is 326 g/mol. The molecule has 6 nitrogen and oxygen atoms in total. The van der Waals surface area contributed by atoms with Gasteiger partial charge in [0, 0.05) is 11.9 Å². The lowest BCUT2D eigenvalue weighted by Crippen LogP contribution is -2.14. The Morgan fingerprint density at radius 1 is 1.33 bits per heavy atom. The summed E-state index contributed by atoms with van der Waals surface area (Å²) in [4.78, 5) is 16.0. The number of nitrogens with two attached hydrogens (primary N) is 1. The van der Waals surface area contributed by atoms with Gasteiger partial charge in [-0.25, -0.2) is 13.4 Å². The zero-order valence-electron chi connectivity index (χ0n) is 11.0. The number of carbonyl (C=O) groups is 1.